The third-order valence-electron chi connectivity index (χ3n) is 4.80. The van der Waals surface area contributed by atoms with Crippen molar-refractivity contribution in [2.24, 2.45) is 0 Å². The Morgan fingerprint density at radius 1 is 0.484 bits per heavy atom. The monoisotopic (exact) mass is 409 g/mol. The summed E-state index contributed by atoms with van der Waals surface area (Å²) in [4.78, 5) is 0. The third-order valence-corrected chi connectivity index (χ3v) is 4.80. The second-order valence-corrected chi connectivity index (χ2v) is 7.26. The Morgan fingerprint density at radius 3 is 1.52 bits per heavy atom. The minimum atomic E-state index is 0.400. The van der Waals surface area contributed by atoms with Crippen molar-refractivity contribution in [2.45, 2.75) is 19.8 Å². The average Bonchev–Trinajstić information content (AvgIpc) is 2.82. The minimum absolute atomic E-state index is 0.400. The van der Waals surface area contributed by atoms with Gasteiger partial charge in [-0.2, -0.15) is 0 Å². The van der Waals surface area contributed by atoms with Crippen LogP contribution in [0.1, 0.15) is 22.3 Å². The van der Waals surface area contributed by atoms with Gasteiger partial charge < -0.3 is 14.2 Å². The highest BCUT2D eigenvalue weighted by atomic mass is 16.5. The van der Waals surface area contributed by atoms with Gasteiger partial charge in [0, 0.05) is 6.07 Å². The van der Waals surface area contributed by atoms with Crippen LogP contribution >= 0.6 is 0 Å². The van der Waals surface area contributed by atoms with E-state index in [1.54, 1.807) is 0 Å². The fourth-order valence-corrected chi connectivity index (χ4v) is 3.17. The molecule has 0 unspecified atom stereocenters. The Hall–Kier alpha value is -3.72. The first-order chi connectivity index (χ1) is 15.3. The average molecular weight is 410 g/mol. The summed E-state index contributed by atoms with van der Waals surface area (Å²) in [5.41, 5.74) is 4.06. The quantitative estimate of drug-likeness (QED) is 0.311. The first-order valence-electron chi connectivity index (χ1n) is 10.3. The van der Waals surface area contributed by atoms with Crippen molar-refractivity contribution in [1.82, 2.24) is 0 Å². The topological polar surface area (TPSA) is 27.7 Å². The summed E-state index contributed by atoms with van der Waals surface area (Å²) in [5.74, 6) is 2.26. The molecule has 0 heterocycles. The molecule has 0 saturated heterocycles. The Balaban J connectivity index is 1.49. The molecule has 4 rings (SSSR count). The van der Waals surface area contributed by atoms with Gasteiger partial charge in [0.2, 0.25) is 0 Å². The molecule has 0 aliphatic heterocycles. The lowest BCUT2D eigenvalue weighted by Gasteiger charge is -2.14. The first kappa shape index (κ1) is 20.5. The van der Waals surface area contributed by atoms with Crippen LogP contribution in [0.15, 0.2) is 103 Å². The van der Waals surface area contributed by atoms with Gasteiger partial charge >= 0.3 is 0 Å². The molecule has 0 spiro atoms. The lowest BCUT2D eigenvalue weighted by atomic mass is 10.2. The summed E-state index contributed by atoms with van der Waals surface area (Å²) in [6.07, 6.45) is 0. The molecule has 0 fully saturated rings. The van der Waals surface area contributed by atoms with Gasteiger partial charge in [0.1, 0.15) is 37.1 Å². The van der Waals surface area contributed by atoms with Crippen molar-refractivity contribution < 1.29 is 14.2 Å². The summed E-state index contributed by atoms with van der Waals surface area (Å²) in [6, 6.07) is 33.9. The van der Waals surface area contributed by atoms with Gasteiger partial charge in [0.15, 0.2) is 0 Å². The summed E-state index contributed by atoms with van der Waals surface area (Å²) in [6.45, 7) is 5.40. The van der Waals surface area contributed by atoms with E-state index in [4.69, 9.17) is 14.2 Å². The highest BCUT2D eigenvalue weighted by molar-refractivity contribution is 5.40. The summed E-state index contributed by atoms with van der Waals surface area (Å²) in [7, 11) is 0. The van der Waals surface area contributed by atoms with E-state index in [2.05, 4.69) is 6.92 Å². The molecule has 0 atom stereocenters. The molecule has 4 aromatic carbocycles. The zero-order chi connectivity index (χ0) is 21.3. The van der Waals surface area contributed by atoms with Crippen LogP contribution in [-0.4, -0.2) is 0 Å². The van der Waals surface area contributed by atoms with Crippen LogP contribution in [0, 0.1) is 6.92 Å². The van der Waals surface area contributed by atoms with Crippen LogP contribution < -0.4 is 14.2 Å². The molecule has 31 heavy (non-hydrogen) atoms. The van der Waals surface area contributed by atoms with E-state index in [1.165, 1.54) is 0 Å². The second-order valence-electron chi connectivity index (χ2n) is 7.26. The normalized spacial score (nSPS) is 10.5. The smallest absolute Gasteiger partial charge is 0.123 e. The number of benzene rings is 4. The summed E-state index contributed by atoms with van der Waals surface area (Å²) >= 11 is 0. The van der Waals surface area contributed by atoms with E-state index in [0.29, 0.717) is 19.8 Å². The SMILES string of the molecule is [CH2]c1ccccc1OCc1cc(OCc2ccccc2)cc(OCc2ccccc2)c1. The van der Waals surface area contributed by atoms with E-state index in [9.17, 15) is 0 Å². The van der Waals surface area contributed by atoms with Crippen molar-refractivity contribution in [2.75, 3.05) is 0 Å². The molecule has 155 valence electrons. The molecule has 0 aliphatic carbocycles. The van der Waals surface area contributed by atoms with Gasteiger partial charge in [-0.25, -0.2) is 0 Å². The fourth-order valence-electron chi connectivity index (χ4n) is 3.17. The Kier molecular flexibility index (Phi) is 6.86. The second kappa shape index (κ2) is 10.4. The predicted octanol–water partition coefficient (Wildman–Crippen LogP) is 6.61. The third kappa shape index (κ3) is 6.13. The zero-order valence-electron chi connectivity index (χ0n) is 17.4. The molecule has 0 aromatic heterocycles. The molecular formula is C28H25O3. The number of hydrogen-bond donors (Lipinski definition) is 0. The van der Waals surface area contributed by atoms with Crippen LogP contribution in [-0.2, 0) is 19.8 Å². The summed E-state index contributed by atoms with van der Waals surface area (Å²) in [5, 5.41) is 0. The first-order valence-corrected chi connectivity index (χ1v) is 10.3. The predicted molar refractivity (Wildman–Crippen MR) is 123 cm³/mol. The van der Waals surface area contributed by atoms with Crippen LogP contribution in [0.25, 0.3) is 0 Å². The van der Waals surface area contributed by atoms with E-state index >= 15 is 0 Å². The van der Waals surface area contributed by atoms with Gasteiger partial charge in [0.05, 0.1) is 0 Å². The lowest BCUT2D eigenvalue weighted by Crippen LogP contribution is -2.02. The maximum absolute atomic E-state index is 6.05. The molecule has 0 aliphatic rings. The molecule has 3 nitrogen and oxygen atoms in total. The van der Waals surface area contributed by atoms with E-state index in [1.807, 2.05) is 103 Å². The fraction of sp³-hybridized carbons (Fsp3) is 0.107. The van der Waals surface area contributed by atoms with E-state index < -0.39 is 0 Å². The molecule has 0 saturated carbocycles. The molecule has 0 N–H and O–H groups in total. The van der Waals surface area contributed by atoms with E-state index in [-0.39, 0.29) is 0 Å². The van der Waals surface area contributed by atoms with Crippen molar-refractivity contribution in [3.8, 4) is 17.2 Å². The van der Waals surface area contributed by atoms with Gasteiger partial charge in [-0.15, -0.1) is 0 Å². The number of rotatable bonds is 9. The van der Waals surface area contributed by atoms with Crippen molar-refractivity contribution >= 4 is 0 Å². The van der Waals surface area contributed by atoms with Crippen LogP contribution in [0.5, 0.6) is 17.2 Å². The van der Waals surface area contributed by atoms with Crippen molar-refractivity contribution in [3.63, 3.8) is 0 Å². The molecule has 4 aromatic rings. The lowest BCUT2D eigenvalue weighted by molar-refractivity contribution is 0.281. The summed E-state index contributed by atoms with van der Waals surface area (Å²) < 4.78 is 18.1. The molecule has 3 heteroatoms. The highest BCUT2D eigenvalue weighted by Gasteiger charge is 2.07. The number of hydrogen-bond acceptors (Lipinski definition) is 3. The van der Waals surface area contributed by atoms with Crippen LogP contribution in [0.2, 0.25) is 0 Å². The minimum Gasteiger partial charge on any atom is -0.489 e. The molecule has 0 bridgehead atoms. The van der Waals surface area contributed by atoms with Gasteiger partial charge in [-0.05, 0) is 47.4 Å². The van der Waals surface area contributed by atoms with Crippen LogP contribution in [0.4, 0.5) is 0 Å². The van der Waals surface area contributed by atoms with Crippen molar-refractivity contribution in [1.29, 1.82) is 0 Å². The maximum Gasteiger partial charge on any atom is 0.123 e. The van der Waals surface area contributed by atoms with Crippen LogP contribution in [0.3, 0.4) is 0 Å². The van der Waals surface area contributed by atoms with E-state index in [0.717, 1.165) is 39.5 Å². The number of ether oxygens (including phenoxy) is 3. The molecular weight excluding hydrogens is 384 g/mol. The Bertz CT molecular complexity index is 1030. The highest BCUT2D eigenvalue weighted by Crippen LogP contribution is 2.26. The Morgan fingerprint density at radius 2 is 0.968 bits per heavy atom. The molecule has 0 amide bonds. The Labute approximate surface area is 183 Å². The number of para-hydroxylation sites is 1. The van der Waals surface area contributed by atoms with Crippen molar-refractivity contribution in [3.05, 3.63) is 132 Å². The maximum atomic E-state index is 6.05. The van der Waals surface area contributed by atoms with Gasteiger partial charge in [-0.1, -0.05) is 78.9 Å². The largest absolute Gasteiger partial charge is 0.489 e. The van der Waals surface area contributed by atoms with Gasteiger partial charge in [0.25, 0.3) is 0 Å². The van der Waals surface area contributed by atoms with Gasteiger partial charge in [-0.3, -0.25) is 0 Å². The zero-order valence-corrected chi connectivity index (χ0v) is 17.4. The molecule has 1 radical (unpaired) electrons. The standard InChI is InChI=1S/C28H25O3/c1-22-10-8-9-15-28(22)31-21-25-16-26(29-19-23-11-4-2-5-12-23)18-27(17-25)30-20-24-13-6-3-7-14-24/h2-18H,1,19-21H2.